The van der Waals surface area contributed by atoms with E-state index in [1.165, 1.54) is 11.8 Å². The summed E-state index contributed by atoms with van der Waals surface area (Å²) in [5.41, 5.74) is 0. The first kappa shape index (κ1) is 16.1. The lowest BCUT2D eigenvalue weighted by Crippen LogP contribution is -2.05. The highest BCUT2D eigenvalue weighted by molar-refractivity contribution is 7.99. The second-order valence-electron chi connectivity index (χ2n) is 4.00. The SMILES string of the molecule is CCCOc1nc(NC)nc(Sc2cc(Cl)ccc2Cl)n1. The molecule has 0 bridgehead atoms. The van der Waals surface area contributed by atoms with Gasteiger partial charge in [0.15, 0.2) is 0 Å². The van der Waals surface area contributed by atoms with Crippen molar-refractivity contribution in [1.82, 2.24) is 15.0 Å². The Morgan fingerprint density at radius 3 is 2.76 bits per heavy atom. The van der Waals surface area contributed by atoms with E-state index in [-0.39, 0.29) is 6.01 Å². The number of halogens is 2. The van der Waals surface area contributed by atoms with Crippen molar-refractivity contribution >= 4 is 40.9 Å². The van der Waals surface area contributed by atoms with E-state index in [1.807, 2.05) is 6.92 Å². The molecule has 0 amide bonds. The Kier molecular flexibility index (Phi) is 5.90. The molecule has 1 aromatic heterocycles. The Morgan fingerprint density at radius 1 is 1.24 bits per heavy atom. The summed E-state index contributed by atoms with van der Waals surface area (Å²) in [5.74, 6) is 0.441. The van der Waals surface area contributed by atoms with Crippen LogP contribution in [0, 0.1) is 0 Å². The Morgan fingerprint density at radius 2 is 2.05 bits per heavy atom. The minimum absolute atomic E-state index is 0.289. The lowest BCUT2D eigenvalue weighted by atomic mass is 10.4. The molecular weight excluding hydrogens is 331 g/mol. The van der Waals surface area contributed by atoms with Crippen LogP contribution in [-0.2, 0) is 0 Å². The van der Waals surface area contributed by atoms with Crippen LogP contribution < -0.4 is 10.1 Å². The molecule has 2 rings (SSSR count). The third-order valence-corrected chi connectivity index (χ3v) is 3.95. The Balaban J connectivity index is 2.27. The first-order valence-corrected chi connectivity index (χ1v) is 7.89. The van der Waals surface area contributed by atoms with Gasteiger partial charge in [0.2, 0.25) is 11.1 Å². The van der Waals surface area contributed by atoms with Crippen molar-refractivity contribution < 1.29 is 4.74 Å². The van der Waals surface area contributed by atoms with E-state index < -0.39 is 0 Å². The maximum atomic E-state index is 6.15. The molecule has 0 spiro atoms. The van der Waals surface area contributed by atoms with Crippen LogP contribution in [0.15, 0.2) is 28.3 Å². The standard InChI is InChI=1S/C13H14Cl2N4OS/c1-3-6-20-12-17-11(16-2)18-13(19-12)21-10-7-8(14)4-5-9(10)15/h4-5,7H,3,6H2,1-2H3,(H,16,17,18,19). The minimum atomic E-state index is 0.289. The molecule has 1 aromatic carbocycles. The molecule has 112 valence electrons. The number of anilines is 1. The van der Waals surface area contributed by atoms with Gasteiger partial charge in [-0.15, -0.1) is 0 Å². The second kappa shape index (κ2) is 7.68. The molecule has 2 aromatic rings. The van der Waals surface area contributed by atoms with Crippen LogP contribution in [0.1, 0.15) is 13.3 Å². The van der Waals surface area contributed by atoms with Gasteiger partial charge in [-0.05, 0) is 36.4 Å². The number of hydrogen-bond acceptors (Lipinski definition) is 6. The number of ether oxygens (including phenoxy) is 1. The van der Waals surface area contributed by atoms with Crippen molar-refractivity contribution in [3.05, 3.63) is 28.2 Å². The van der Waals surface area contributed by atoms with Gasteiger partial charge >= 0.3 is 6.01 Å². The zero-order valence-electron chi connectivity index (χ0n) is 11.6. The third-order valence-electron chi connectivity index (χ3n) is 2.35. The number of nitrogens with zero attached hydrogens (tertiary/aromatic N) is 3. The van der Waals surface area contributed by atoms with E-state index in [4.69, 9.17) is 27.9 Å². The molecule has 0 aliphatic heterocycles. The summed E-state index contributed by atoms with van der Waals surface area (Å²) in [4.78, 5) is 13.5. The van der Waals surface area contributed by atoms with Gasteiger partial charge in [-0.1, -0.05) is 30.1 Å². The van der Waals surface area contributed by atoms with Gasteiger partial charge < -0.3 is 10.1 Å². The molecule has 0 atom stereocenters. The van der Waals surface area contributed by atoms with Crippen molar-refractivity contribution in [3.63, 3.8) is 0 Å². The summed E-state index contributed by atoms with van der Waals surface area (Å²) in [7, 11) is 1.74. The summed E-state index contributed by atoms with van der Waals surface area (Å²) in [6, 6.07) is 5.53. The average molecular weight is 345 g/mol. The zero-order chi connectivity index (χ0) is 15.2. The van der Waals surface area contributed by atoms with E-state index in [1.54, 1.807) is 25.2 Å². The minimum Gasteiger partial charge on any atom is -0.463 e. The highest BCUT2D eigenvalue weighted by Gasteiger charge is 2.11. The fraction of sp³-hybridized carbons (Fsp3) is 0.308. The van der Waals surface area contributed by atoms with Crippen LogP contribution in [0.4, 0.5) is 5.95 Å². The summed E-state index contributed by atoms with van der Waals surface area (Å²) in [5, 5.41) is 4.57. The first-order chi connectivity index (χ1) is 10.1. The number of nitrogens with one attached hydrogen (secondary N) is 1. The van der Waals surface area contributed by atoms with E-state index in [0.717, 1.165) is 11.3 Å². The highest BCUT2D eigenvalue weighted by atomic mass is 35.5. The third kappa shape index (κ3) is 4.62. The molecule has 1 N–H and O–H groups in total. The van der Waals surface area contributed by atoms with Crippen molar-refractivity contribution in [3.8, 4) is 6.01 Å². The number of aromatic nitrogens is 3. The molecule has 0 saturated heterocycles. The largest absolute Gasteiger partial charge is 0.463 e. The van der Waals surface area contributed by atoms with Gasteiger partial charge in [-0.2, -0.15) is 15.0 Å². The van der Waals surface area contributed by atoms with Crippen LogP contribution in [-0.4, -0.2) is 28.6 Å². The summed E-state index contributed by atoms with van der Waals surface area (Å²) < 4.78 is 5.46. The molecule has 0 saturated carbocycles. The van der Waals surface area contributed by atoms with Crippen LogP contribution in [0.3, 0.4) is 0 Å². The molecule has 0 radical (unpaired) electrons. The topological polar surface area (TPSA) is 59.9 Å². The molecular formula is C13H14Cl2N4OS. The average Bonchev–Trinajstić information content (AvgIpc) is 2.48. The highest BCUT2D eigenvalue weighted by Crippen LogP contribution is 2.34. The molecule has 0 fully saturated rings. The van der Waals surface area contributed by atoms with Gasteiger partial charge in [-0.25, -0.2) is 0 Å². The molecule has 0 unspecified atom stereocenters. The first-order valence-electron chi connectivity index (χ1n) is 6.32. The maximum Gasteiger partial charge on any atom is 0.322 e. The van der Waals surface area contributed by atoms with E-state index in [2.05, 4.69) is 20.3 Å². The molecule has 21 heavy (non-hydrogen) atoms. The number of hydrogen-bond donors (Lipinski definition) is 1. The van der Waals surface area contributed by atoms with Gasteiger partial charge in [0.05, 0.1) is 11.6 Å². The van der Waals surface area contributed by atoms with E-state index >= 15 is 0 Å². The molecule has 0 aliphatic carbocycles. The number of rotatable bonds is 6. The fourth-order valence-electron chi connectivity index (χ4n) is 1.41. The van der Waals surface area contributed by atoms with Crippen molar-refractivity contribution in [1.29, 1.82) is 0 Å². The second-order valence-corrected chi connectivity index (χ2v) is 5.85. The van der Waals surface area contributed by atoms with Crippen molar-refractivity contribution in [2.45, 2.75) is 23.4 Å². The molecule has 8 heteroatoms. The van der Waals surface area contributed by atoms with Gasteiger partial charge in [-0.3, -0.25) is 0 Å². The summed E-state index contributed by atoms with van der Waals surface area (Å²) in [6.07, 6.45) is 0.878. The van der Waals surface area contributed by atoms with Crippen LogP contribution in [0.2, 0.25) is 10.0 Å². The quantitative estimate of drug-likeness (QED) is 0.848. The Labute approximate surface area is 137 Å². The summed E-state index contributed by atoms with van der Waals surface area (Å²) in [6.45, 7) is 2.57. The van der Waals surface area contributed by atoms with Crippen LogP contribution in [0.5, 0.6) is 6.01 Å². The lowest BCUT2D eigenvalue weighted by Gasteiger charge is -2.08. The molecule has 5 nitrogen and oxygen atoms in total. The van der Waals surface area contributed by atoms with Crippen molar-refractivity contribution in [2.75, 3.05) is 19.0 Å². The fourth-order valence-corrected chi connectivity index (χ4v) is 2.68. The van der Waals surface area contributed by atoms with Gasteiger partial charge in [0.1, 0.15) is 0 Å². The summed E-state index contributed by atoms with van der Waals surface area (Å²) >= 11 is 13.4. The lowest BCUT2D eigenvalue weighted by molar-refractivity contribution is 0.288. The number of benzene rings is 1. The molecule has 0 aliphatic rings. The Bertz CT molecular complexity index is 627. The zero-order valence-corrected chi connectivity index (χ0v) is 13.9. The predicted molar refractivity (Wildman–Crippen MR) is 85.7 cm³/mol. The van der Waals surface area contributed by atoms with E-state index in [9.17, 15) is 0 Å². The maximum absolute atomic E-state index is 6.15. The van der Waals surface area contributed by atoms with Crippen LogP contribution >= 0.6 is 35.0 Å². The van der Waals surface area contributed by atoms with Crippen molar-refractivity contribution in [2.24, 2.45) is 0 Å². The smallest absolute Gasteiger partial charge is 0.322 e. The molecule has 1 heterocycles. The van der Waals surface area contributed by atoms with Gasteiger partial charge in [0, 0.05) is 17.0 Å². The van der Waals surface area contributed by atoms with Crippen LogP contribution in [0.25, 0.3) is 0 Å². The predicted octanol–water partition coefficient (Wildman–Crippen LogP) is 4.16. The monoisotopic (exact) mass is 344 g/mol. The Hall–Kier alpha value is -1.24. The normalized spacial score (nSPS) is 10.5. The van der Waals surface area contributed by atoms with Gasteiger partial charge in [0.25, 0.3) is 0 Å². The van der Waals surface area contributed by atoms with E-state index in [0.29, 0.717) is 27.8 Å².